The van der Waals surface area contributed by atoms with E-state index in [-0.39, 0.29) is 19.0 Å². The zero-order valence-electron chi connectivity index (χ0n) is 16.3. The first kappa shape index (κ1) is 20.3. The molecule has 0 radical (unpaired) electrons. The van der Waals surface area contributed by atoms with Crippen LogP contribution >= 0.6 is 11.3 Å². The maximum atomic E-state index is 13.0. The van der Waals surface area contributed by atoms with Gasteiger partial charge in [0, 0.05) is 43.2 Å². The van der Waals surface area contributed by atoms with Crippen LogP contribution in [0.1, 0.15) is 23.3 Å². The fraction of sp³-hybridized carbons (Fsp3) is 0.474. The summed E-state index contributed by atoms with van der Waals surface area (Å²) in [7, 11) is -3.94. The smallest absolute Gasteiger partial charge is 0.325 e. The van der Waals surface area contributed by atoms with Crippen LogP contribution in [-0.2, 0) is 15.0 Å². The number of aryl methyl sites for hydroxylation is 1. The lowest BCUT2D eigenvalue weighted by atomic mass is 10.1. The highest BCUT2D eigenvalue weighted by atomic mass is 32.2. The Morgan fingerprint density at radius 3 is 2.45 bits per heavy atom. The quantitative estimate of drug-likeness (QED) is 0.714. The first-order chi connectivity index (χ1) is 13.8. The van der Waals surface area contributed by atoms with E-state index in [1.54, 1.807) is 24.5 Å². The number of nitrogens with zero attached hydrogens (tertiary/aromatic N) is 3. The summed E-state index contributed by atoms with van der Waals surface area (Å²) in [5, 5.41) is 10.8. The number of hydrogen-bond donors (Lipinski definition) is 2. The predicted octanol–water partition coefficient (Wildman–Crippen LogP) is 1.66. The second-order valence-corrected chi connectivity index (χ2v) is 10.5. The number of carbonyl (C=O) groups is 1. The average molecular weight is 437 g/mol. The highest BCUT2D eigenvalue weighted by molar-refractivity contribution is 7.87. The van der Waals surface area contributed by atoms with Gasteiger partial charge in [0.2, 0.25) is 0 Å². The molecule has 8 nitrogen and oxygen atoms in total. The number of benzene rings is 1. The third-order valence-corrected chi connectivity index (χ3v) is 8.48. The third kappa shape index (κ3) is 3.54. The number of aliphatic carboxylic acids is 1. The van der Waals surface area contributed by atoms with E-state index in [9.17, 15) is 18.3 Å². The Labute approximate surface area is 174 Å². The number of rotatable bonds is 6. The van der Waals surface area contributed by atoms with Gasteiger partial charge in [-0.1, -0.05) is 37.3 Å². The van der Waals surface area contributed by atoms with Gasteiger partial charge in [0.15, 0.2) is 5.13 Å². The average Bonchev–Trinajstić information content (AvgIpc) is 3.05. The molecule has 1 aromatic carbocycles. The summed E-state index contributed by atoms with van der Waals surface area (Å²) in [6.07, 6.45) is 1.81. The van der Waals surface area contributed by atoms with Crippen LogP contribution in [0.3, 0.4) is 0 Å². The van der Waals surface area contributed by atoms with E-state index in [4.69, 9.17) is 0 Å². The number of anilines is 1. The fourth-order valence-corrected chi connectivity index (χ4v) is 6.60. The van der Waals surface area contributed by atoms with Crippen molar-refractivity contribution in [3.63, 3.8) is 0 Å². The zero-order valence-corrected chi connectivity index (χ0v) is 17.9. The molecule has 1 unspecified atom stereocenters. The van der Waals surface area contributed by atoms with Crippen LogP contribution in [0.4, 0.5) is 5.13 Å². The number of aromatic nitrogens is 1. The molecule has 2 heterocycles. The standard InChI is InChI=1S/C19H24N4O4S2/c1-13-12-20-18(28-13)22-8-10-23(11-9-22)29(26,27)21-19(17(24)25)14(2)16(19)15-6-4-3-5-7-15/h3-7,12,14,16,21H,8-11H2,1-2H3,(H,24,25)/t14?,16-,19-/m0/s1. The maximum absolute atomic E-state index is 13.0. The van der Waals surface area contributed by atoms with Crippen molar-refractivity contribution < 1.29 is 18.3 Å². The van der Waals surface area contributed by atoms with E-state index in [0.717, 1.165) is 15.6 Å². The summed E-state index contributed by atoms with van der Waals surface area (Å²) in [4.78, 5) is 19.6. The molecule has 1 aromatic heterocycles. The highest BCUT2D eigenvalue weighted by Crippen LogP contribution is 2.57. The SMILES string of the molecule is Cc1cnc(N2CCN(S(=O)(=O)N[C@@]3(C(=O)O)C(C)[C@H]3c3ccccc3)CC2)s1. The molecule has 0 bridgehead atoms. The number of nitrogens with one attached hydrogen (secondary N) is 1. The van der Waals surface area contributed by atoms with E-state index < -0.39 is 27.6 Å². The molecular formula is C19H24N4O4S2. The lowest BCUT2D eigenvalue weighted by Crippen LogP contribution is -2.56. The van der Waals surface area contributed by atoms with E-state index in [0.29, 0.717) is 13.1 Å². The largest absolute Gasteiger partial charge is 0.480 e. The number of hydrogen-bond acceptors (Lipinski definition) is 6. The molecule has 0 amide bonds. The Hall–Kier alpha value is -2.01. The monoisotopic (exact) mass is 436 g/mol. The number of piperazine rings is 1. The van der Waals surface area contributed by atoms with Crippen molar-refractivity contribution in [3.8, 4) is 0 Å². The molecule has 3 atom stereocenters. The molecule has 10 heteroatoms. The van der Waals surface area contributed by atoms with Crippen LogP contribution in [0.5, 0.6) is 0 Å². The molecule has 156 valence electrons. The van der Waals surface area contributed by atoms with E-state index in [1.165, 1.54) is 4.31 Å². The van der Waals surface area contributed by atoms with Gasteiger partial charge in [0.05, 0.1) is 0 Å². The molecule has 1 saturated heterocycles. The lowest BCUT2D eigenvalue weighted by molar-refractivity contribution is -0.140. The van der Waals surface area contributed by atoms with Gasteiger partial charge in [0.1, 0.15) is 5.54 Å². The minimum Gasteiger partial charge on any atom is -0.480 e. The van der Waals surface area contributed by atoms with Crippen LogP contribution < -0.4 is 9.62 Å². The number of thiazole rings is 1. The molecule has 1 aliphatic heterocycles. The Morgan fingerprint density at radius 1 is 1.24 bits per heavy atom. The van der Waals surface area contributed by atoms with Crippen LogP contribution in [-0.4, -0.2) is 60.5 Å². The summed E-state index contributed by atoms with van der Waals surface area (Å²) >= 11 is 1.58. The lowest BCUT2D eigenvalue weighted by Gasteiger charge is -2.34. The number of carboxylic acids is 1. The van der Waals surface area contributed by atoms with Crippen molar-refractivity contribution >= 4 is 32.6 Å². The van der Waals surface area contributed by atoms with Crippen LogP contribution in [0.2, 0.25) is 0 Å². The Bertz CT molecular complexity index is 1000. The molecule has 4 rings (SSSR count). The first-order valence-electron chi connectivity index (χ1n) is 9.50. The van der Waals surface area contributed by atoms with Crippen LogP contribution in [0, 0.1) is 12.8 Å². The van der Waals surface area contributed by atoms with Gasteiger partial charge in [-0.15, -0.1) is 11.3 Å². The molecule has 2 aromatic rings. The van der Waals surface area contributed by atoms with Crippen molar-refractivity contribution in [1.82, 2.24) is 14.0 Å². The maximum Gasteiger partial charge on any atom is 0.325 e. The Kier molecular flexibility index (Phi) is 5.14. The molecule has 1 aliphatic carbocycles. The van der Waals surface area contributed by atoms with Crippen LogP contribution in [0.25, 0.3) is 0 Å². The van der Waals surface area contributed by atoms with E-state index in [2.05, 4.69) is 14.6 Å². The van der Waals surface area contributed by atoms with E-state index in [1.807, 2.05) is 37.3 Å². The Balaban J connectivity index is 1.48. The van der Waals surface area contributed by atoms with Gasteiger partial charge < -0.3 is 10.0 Å². The van der Waals surface area contributed by atoms with Crippen molar-refractivity contribution in [3.05, 3.63) is 47.0 Å². The van der Waals surface area contributed by atoms with Gasteiger partial charge in [-0.2, -0.15) is 17.4 Å². The summed E-state index contributed by atoms with van der Waals surface area (Å²) in [6.45, 7) is 5.37. The van der Waals surface area contributed by atoms with Crippen molar-refractivity contribution in [2.45, 2.75) is 25.3 Å². The minimum absolute atomic E-state index is 0.286. The van der Waals surface area contributed by atoms with Gasteiger partial charge >= 0.3 is 5.97 Å². The predicted molar refractivity (Wildman–Crippen MR) is 111 cm³/mol. The fourth-order valence-electron chi connectivity index (χ4n) is 4.19. The van der Waals surface area contributed by atoms with Crippen LogP contribution in [0.15, 0.2) is 36.5 Å². The summed E-state index contributed by atoms with van der Waals surface area (Å²) in [5.41, 5.74) is -0.682. The number of carboxylic acid groups (broad SMARTS) is 1. The van der Waals surface area contributed by atoms with Crippen molar-refractivity contribution in [2.24, 2.45) is 5.92 Å². The molecule has 29 heavy (non-hydrogen) atoms. The van der Waals surface area contributed by atoms with Crippen molar-refractivity contribution in [1.29, 1.82) is 0 Å². The van der Waals surface area contributed by atoms with Crippen molar-refractivity contribution in [2.75, 3.05) is 31.1 Å². The summed E-state index contributed by atoms with van der Waals surface area (Å²) in [6, 6.07) is 9.21. The zero-order chi connectivity index (χ0) is 20.8. The molecule has 2 aliphatic rings. The normalized spacial score (nSPS) is 27.7. The first-order valence-corrected chi connectivity index (χ1v) is 11.8. The topological polar surface area (TPSA) is 103 Å². The second kappa shape index (κ2) is 7.35. The van der Waals surface area contributed by atoms with E-state index >= 15 is 0 Å². The molecule has 0 spiro atoms. The third-order valence-electron chi connectivity index (χ3n) is 5.87. The minimum atomic E-state index is -3.94. The van der Waals surface area contributed by atoms with Gasteiger partial charge in [-0.3, -0.25) is 4.79 Å². The molecule has 2 fully saturated rings. The Morgan fingerprint density at radius 2 is 1.90 bits per heavy atom. The summed E-state index contributed by atoms with van der Waals surface area (Å²) in [5.74, 6) is -1.87. The van der Waals surface area contributed by atoms with Gasteiger partial charge in [-0.25, -0.2) is 4.98 Å². The molecular weight excluding hydrogens is 412 g/mol. The molecule has 2 N–H and O–H groups in total. The summed E-state index contributed by atoms with van der Waals surface area (Å²) < 4.78 is 29.9. The molecule has 1 saturated carbocycles. The second-order valence-electron chi connectivity index (χ2n) is 7.60. The highest BCUT2D eigenvalue weighted by Gasteiger charge is 2.70. The van der Waals surface area contributed by atoms with Gasteiger partial charge in [-0.05, 0) is 18.4 Å². The van der Waals surface area contributed by atoms with Gasteiger partial charge in [0.25, 0.3) is 10.2 Å².